The molecule has 0 bridgehead atoms. The molecule has 2 atom stereocenters. The normalized spacial score (nSPS) is 21.4. The maximum atomic E-state index is 13.6. The standard InChI is InChI=1S/C28H29N3O4/c1-19(22-10-11-22)30(17-21-6-3-2-4-7-21)25(33)18-31-26(34)28(29-27(31)35)14-13-23-16-20(8-5-15-32)9-12-24(23)28/h2-4,6-7,9,12,16,19,22,32H,10-11,13-15,17-18H2,1H3,(H,29,35)/t19-,28?/m0/s1. The maximum absolute atomic E-state index is 13.6. The van der Waals surface area contributed by atoms with Gasteiger partial charge < -0.3 is 15.3 Å². The van der Waals surface area contributed by atoms with Gasteiger partial charge >= 0.3 is 6.03 Å². The summed E-state index contributed by atoms with van der Waals surface area (Å²) in [5.41, 5.74) is 2.34. The average Bonchev–Trinajstić information content (AvgIpc) is 3.62. The molecule has 1 spiro atoms. The summed E-state index contributed by atoms with van der Waals surface area (Å²) in [6, 6.07) is 14.8. The lowest BCUT2D eigenvalue weighted by Gasteiger charge is -2.31. The molecule has 0 aromatic heterocycles. The molecule has 5 rings (SSSR count). The van der Waals surface area contributed by atoms with Gasteiger partial charge in [0.15, 0.2) is 0 Å². The van der Waals surface area contributed by atoms with E-state index in [0.29, 0.717) is 25.3 Å². The molecule has 3 aliphatic rings. The molecule has 7 nitrogen and oxygen atoms in total. The van der Waals surface area contributed by atoms with Gasteiger partial charge in [-0.2, -0.15) is 0 Å². The lowest BCUT2D eigenvalue weighted by Crippen LogP contribution is -2.47. The van der Waals surface area contributed by atoms with Gasteiger partial charge in [0.1, 0.15) is 18.7 Å². The van der Waals surface area contributed by atoms with Crippen molar-refractivity contribution in [2.24, 2.45) is 5.92 Å². The Hall–Kier alpha value is -3.63. The van der Waals surface area contributed by atoms with Crippen molar-refractivity contribution < 1.29 is 19.5 Å². The molecule has 2 aromatic carbocycles. The third kappa shape index (κ3) is 4.30. The minimum Gasteiger partial charge on any atom is -0.384 e. The summed E-state index contributed by atoms with van der Waals surface area (Å²) in [6.07, 6.45) is 3.25. The van der Waals surface area contributed by atoms with Crippen LogP contribution in [0.1, 0.15) is 48.4 Å². The molecule has 1 saturated carbocycles. The number of carbonyl (C=O) groups excluding carboxylic acids is 3. The van der Waals surface area contributed by atoms with Gasteiger partial charge in [-0.05, 0) is 67.3 Å². The largest absolute Gasteiger partial charge is 0.384 e. The van der Waals surface area contributed by atoms with Crippen LogP contribution in [-0.4, -0.2) is 51.9 Å². The third-order valence-electron chi connectivity index (χ3n) is 7.43. The van der Waals surface area contributed by atoms with Gasteiger partial charge in [0, 0.05) is 18.2 Å². The van der Waals surface area contributed by atoms with E-state index in [9.17, 15) is 14.4 Å². The van der Waals surface area contributed by atoms with Gasteiger partial charge in [-0.15, -0.1) is 0 Å². The molecule has 1 aliphatic heterocycles. The van der Waals surface area contributed by atoms with Crippen molar-refractivity contribution >= 4 is 17.8 Å². The first-order valence-electron chi connectivity index (χ1n) is 12.1. The Balaban J connectivity index is 1.36. The number of urea groups is 1. The molecular formula is C28H29N3O4. The molecule has 2 fully saturated rings. The highest BCUT2D eigenvalue weighted by Crippen LogP contribution is 2.42. The van der Waals surface area contributed by atoms with Crippen molar-refractivity contribution in [3.05, 3.63) is 70.8 Å². The number of nitrogens with zero attached hydrogens (tertiary/aromatic N) is 2. The third-order valence-corrected chi connectivity index (χ3v) is 7.43. The number of aliphatic hydroxyl groups excluding tert-OH is 1. The van der Waals surface area contributed by atoms with Crippen LogP contribution in [-0.2, 0) is 28.1 Å². The number of amides is 4. The van der Waals surface area contributed by atoms with E-state index in [1.165, 1.54) is 0 Å². The lowest BCUT2D eigenvalue weighted by atomic mass is 9.91. The Morgan fingerprint density at radius 2 is 2.00 bits per heavy atom. The number of hydrogen-bond acceptors (Lipinski definition) is 4. The fourth-order valence-electron chi connectivity index (χ4n) is 5.31. The first kappa shape index (κ1) is 23.1. The summed E-state index contributed by atoms with van der Waals surface area (Å²) in [5, 5.41) is 11.8. The molecule has 2 aromatic rings. The van der Waals surface area contributed by atoms with E-state index in [1.54, 1.807) is 6.07 Å². The zero-order valence-electron chi connectivity index (χ0n) is 19.8. The number of nitrogens with one attached hydrogen (secondary N) is 1. The number of aryl methyl sites for hydroxylation is 1. The highest BCUT2D eigenvalue weighted by molar-refractivity contribution is 6.10. The summed E-state index contributed by atoms with van der Waals surface area (Å²) >= 11 is 0. The van der Waals surface area contributed by atoms with Crippen LogP contribution in [0.5, 0.6) is 0 Å². The molecular weight excluding hydrogens is 442 g/mol. The number of benzene rings is 2. The molecule has 7 heteroatoms. The zero-order valence-corrected chi connectivity index (χ0v) is 19.8. The van der Waals surface area contributed by atoms with Crippen LogP contribution < -0.4 is 5.32 Å². The Bertz CT molecular complexity index is 1230. The molecule has 2 N–H and O–H groups in total. The summed E-state index contributed by atoms with van der Waals surface area (Å²) in [5.74, 6) is 5.38. The summed E-state index contributed by atoms with van der Waals surface area (Å²) in [6.45, 7) is 2.01. The van der Waals surface area contributed by atoms with Crippen molar-refractivity contribution in [2.75, 3.05) is 13.2 Å². The SMILES string of the molecule is C[C@@H](C1CC1)N(Cc1ccccc1)C(=O)CN1C(=O)NC2(CCc3cc(C#CCO)ccc32)C1=O. The Morgan fingerprint density at radius 1 is 1.23 bits per heavy atom. The van der Waals surface area contributed by atoms with Crippen molar-refractivity contribution in [3.63, 3.8) is 0 Å². The van der Waals surface area contributed by atoms with Gasteiger partial charge in [-0.1, -0.05) is 48.2 Å². The predicted molar refractivity (Wildman–Crippen MR) is 130 cm³/mol. The number of aliphatic hydroxyl groups is 1. The van der Waals surface area contributed by atoms with E-state index in [4.69, 9.17) is 5.11 Å². The Kier molecular flexibility index (Phi) is 6.08. The number of rotatable bonds is 6. The average molecular weight is 472 g/mol. The molecule has 180 valence electrons. The number of imide groups is 1. The van der Waals surface area contributed by atoms with Gasteiger partial charge in [-0.25, -0.2) is 4.79 Å². The molecule has 35 heavy (non-hydrogen) atoms. The van der Waals surface area contributed by atoms with Crippen molar-refractivity contribution in [1.82, 2.24) is 15.1 Å². The van der Waals surface area contributed by atoms with Gasteiger partial charge in [0.25, 0.3) is 5.91 Å². The van der Waals surface area contributed by atoms with Crippen molar-refractivity contribution in [1.29, 1.82) is 0 Å². The van der Waals surface area contributed by atoms with E-state index >= 15 is 0 Å². The van der Waals surface area contributed by atoms with E-state index in [1.807, 2.05) is 47.4 Å². The predicted octanol–water partition coefficient (Wildman–Crippen LogP) is 2.55. The van der Waals surface area contributed by atoms with Crippen LogP contribution in [0.2, 0.25) is 0 Å². The highest BCUT2D eigenvalue weighted by Gasteiger charge is 2.55. The van der Waals surface area contributed by atoms with Crippen LogP contribution in [0.15, 0.2) is 48.5 Å². The van der Waals surface area contributed by atoms with Gasteiger partial charge in [0.05, 0.1) is 0 Å². The van der Waals surface area contributed by atoms with Gasteiger partial charge in [0.2, 0.25) is 5.91 Å². The summed E-state index contributed by atoms with van der Waals surface area (Å²) < 4.78 is 0. The molecule has 4 amide bonds. The van der Waals surface area contributed by atoms with E-state index in [0.717, 1.165) is 40.0 Å². The number of fused-ring (bicyclic) bond motifs is 2. The first-order valence-corrected chi connectivity index (χ1v) is 12.1. The van der Waals surface area contributed by atoms with Crippen LogP contribution in [0.25, 0.3) is 0 Å². The lowest BCUT2D eigenvalue weighted by molar-refractivity contribution is -0.141. The second-order valence-corrected chi connectivity index (χ2v) is 9.64. The molecule has 0 radical (unpaired) electrons. The maximum Gasteiger partial charge on any atom is 0.325 e. The van der Waals surface area contributed by atoms with E-state index in [-0.39, 0.29) is 31.0 Å². The molecule has 1 unspecified atom stereocenters. The van der Waals surface area contributed by atoms with E-state index < -0.39 is 11.6 Å². The summed E-state index contributed by atoms with van der Waals surface area (Å²) in [4.78, 5) is 42.9. The van der Waals surface area contributed by atoms with Crippen LogP contribution >= 0.6 is 0 Å². The molecule has 1 heterocycles. The fraction of sp³-hybridized carbons (Fsp3) is 0.393. The van der Waals surface area contributed by atoms with E-state index in [2.05, 4.69) is 24.1 Å². The van der Waals surface area contributed by atoms with Gasteiger partial charge in [-0.3, -0.25) is 14.5 Å². The van der Waals surface area contributed by atoms with Crippen LogP contribution in [0, 0.1) is 17.8 Å². The minimum atomic E-state index is -1.14. The number of hydrogen-bond donors (Lipinski definition) is 2. The smallest absolute Gasteiger partial charge is 0.325 e. The van der Waals surface area contributed by atoms with Crippen LogP contribution in [0.3, 0.4) is 0 Å². The molecule has 2 aliphatic carbocycles. The highest BCUT2D eigenvalue weighted by atomic mass is 16.2. The van der Waals surface area contributed by atoms with Crippen molar-refractivity contribution in [2.45, 2.75) is 50.7 Å². The quantitative estimate of drug-likeness (QED) is 0.501. The monoisotopic (exact) mass is 471 g/mol. The Morgan fingerprint density at radius 3 is 2.71 bits per heavy atom. The molecule has 1 saturated heterocycles. The zero-order chi connectivity index (χ0) is 24.6. The van der Waals surface area contributed by atoms with Crippen molar-refractivity contribution in [3.8, 4) is 11.8 Å². The summed E-state index contributed by atoms with van der Waals surface area (Å²) in [7, 11) is 0. The second kappa shape index (κ2) is 9.20. The minimum absolute atomic E-state index is 0.0445. The second-order valence-electron chi connectivity index (χ2n) is 9.64. The topological polar surface area (TPSA) is 90.0 Å². The number of carbonyl (C=O) groups is 3. The van der Waals surface area contributed by atoms with Crippen LogP contribution in [0.4, 0.5) is 4.79 Å². The Labute approximate surface area is 205 Å². The fourth-order valence-corrected chi connectivity index (χ4v) is 5.31. The first-order chi connectivity index (χ1) is 16.9.